The number of nitrogens with one attached hydrogen (secondary N) is 1. The lowest BCUT2D eigenvalue weighted by Crippen LogP contribution is -2.32. The van der Waals surface area contributed by atoms with E-state index in [2.05, 4.69) is 19.2 Å². The topological polar surface area (TPSA) is 29.1 Å². The molecule has 2 heteroatoms. The van der Waals surface area contributed by atoms with Gasteiger partial charge in [-0.1, -0.05) is 64.7 Å². The Labute approximate surface area is 119 Å². The van der Waals surface area contributed by atoms with Gasteiger partial charge in [0.05, 0.1) is 0 Å². The minimum absolute atomic E-state index is 0.272. The highest BCUT2D eigenvalue weighted by Gasteiger charge is 2.15. The van der Waals surface area contributed by atoms with Gasteiger partial charge in [-0.05, 0) is 25.7 Å². The van der Waals surface area contributed by atoms with Gasteiger partial charge in [0.1, 0.15) is 0 Å². The van der Waals surface area contributed by atoms with Crippen molar-refractivity contribution in [2.24, 2.45) is 5.92 Å². The monoisotopic (exact) mass is 267 g/mol. The molecule has 1 unspecified atom stereocenters. The molecule has 0 aromatic heterocycles. The van der Waals surface area contributed by atoms with E-state index in [1.54, 1.807) is 0 Å². The van der Waals surface area contributed by atoms with Crippen molar-refractivity contribution in [1.82, 2.24) is 5.32 Å². The Morgan fingerprint density at radius 3 is 2.58 bits per heavy atom. The van der Waals surface area contributed by atoms with Crippen LogP contribution in [0.15, 0.2) is 0 Å². The lowest BCUT2D eigenvalue weighted by Gasteiger charge is -2.21. The minimum atomic E-state index is 0.272. The second kappa shape index (κ2) is 10.3. The van der Waals surface area contributed by atoms with Crippen LogP contribution in [-0.4, -0.2) is 11.9 Å². The third-order valence-electron chi connectivity index (χ3n) is 4.40. The molecule has 19 heavy (non-hydrogen) atoms. The highest BCUT2D eigenvalue weighted by Crippen LogP contribution is 2.27. The molecule has 1 rings (SSSR count). The third kappa shape index (κ3) is 8.28. The molecular weight excluding hydrogens is 234 g/mol. The summed E-state index contributed by atoms with van der Waals surface area (Å²) in [6.07, 6.45) is 15.0. The number of carbonyl (C=O) groups is 1. The first-order valence-electron chi connectivity index (χ1n) is 8.51. The Balaban J connectivity index is 2.02. The molecule has 1 atom stereocenters. The van der Waals surface area contributed by atoms with Crippen molar-refractivity contribution in [3.8, 4) is 0 Å². The van der Waals surface area contributed by atoms with Crippen molar-refractivity contribution in [1.29, 1.82) is 0 Å². The van der Waals surface area contributed by atoms with Crippen molar-refractivity contribution in [2.45, 2.75) is 96.9 Å². The van der Waals surface area contributed by atoms with Gasteiger partial charge >= 0.3 is 0 Å². The summed E-state index contributed by atoms with van der Waals surface area (Å²) >= 11 is 0. The van der Waals surface area contributed by atoms with Crippen LogP contribution in [0.4, 0.5) is 0 Å². The first-order chi connectivity index (χ1) is 9.22. The number of hydrogen-bond donors (Lipinski definition) is 1. The molecule has 0 saturated heterocycles. The zero-order chi connectivity index (χ0) is 13.9. The van der Waals surface area contributed by atoms with Gasteiger partial charge in [-0.2, -0.15) is 0 Å². The Morgan fingerprint density at radius 2 is 1.89 bits per heavy atom. The van der Waals surface area contributed by atoms with Crippen molar-refractivity contribution >= 4 is 5.91 Å². The van der Waals surface area contributed by atoms with E-state index < -0.39 is 0 Å². The number of carbonyl (C=O) groups excluding carboxylic acids is 1. The SMILES string of the molecule is CCCCCCC(C)NC(=O)CCC1CCCCC1. The van der Waals surface area contributed by atoms with Crippen LogP contribution in [0.3, 0.4) is 0 Å². The molecule has 2 nitrogen and oxygen atoms in total. The Kier molecular flexibility index (Phi) is 8.94. The fourth-order valence-electron chi connectivity index (χ4n) is 3.11. The molecule has 0 radical (unpaired) electrons. The average molecular weight is 267 g/mol. The number of rotatable bonds is 9. The van der Waals surface area contributed by atoms with Gasteiger partial charge in [0.25, 0.3) is 0 Å². The smallest absolute Gasteiger partial charge is 0.220 e. The Bertz CT molecular complexity index is 233. The molecule has 1 N–H and O–H groups in total. The van der Waals surface area contributed by atoms with E-state index in [1.807, 2.05) is 0 Å². The number of amides is 1. The quantitative estimate of drug-likeness (QED) is 0.596. The van der Waals surface area contributed by atoms with E-state index in [0.717, 1.165) is 25.2 Å². The average Bonchev–Trinajstić information content (AvgIpc) is 2.42. The Hall–Kier alpha value is -0.530. The maximum atomic E-state index is 11.9. The first kappa shape index (κ1) is 16.5. The van der Waals surface area contributed by atoms with Crippen molar-refractivity contribution in [2.75, 3.05) is 0 Å². The fourth-order valence-corrected chi connectivity index (χ4v) is 3.11. The van der Waals surface area contributed by atoms with E-state index in [-0.39, 0.29) is 5.91 Å². The van der Waals surface area contributed by atoms with Crippen LogP contribution >= 0.6 is 0 Å². The zero-order valence-corrected chi connectivity index (χ0v) is 13.0. The second-order valence-electron chi connectivity index (χ2n) is 6.36. The van der Waals surface area contributed by atoms with Gasteiger partial charge in [-0.25, -0.2) is 0 Å². The lowest BCUT2D eigenvalue weighted by molar-refractivity contribution is -0.122. The summed E-state index contributed by atoms with van der Waals surface area (Å²) in [5.41, 5.74) is 0. The molecule has 0 aromatic carbocycles. The van der Waals surface area contributed by atoms with Crippen LogP contribution in [0, 0.1) is 5.92 Å². The number of unbranched alkanes of at least 4 members (excludes halogenated alkanes) is 3. The summed E-state index contributed by atoms with van der Waals surface area (Å²) in [5, 5.41) is 3.16. The maximum absolute atomic E-state index is 11.9. The van der Waals surface area contributed by atoms with Crippen molar-refractivity contribution in [3.63, 3.8) is 0 Å². The fraction of sp³-hybridized carbons (Fsp3) is 0.941. The molecule has 1 aliphatic rings. The first-order valence-corrected chi connectivity index (χ1v) is 8.51. The van der Waals surface area contributed by atoms with Crippen LogP contribution in [0.2, 0.25) is 0 Å². The predicted molar refractivity (Wildman–Crippen MR) is 82.2 cm³/mol. The highest BCUT2D eigenvalue weighted by atomic mass is 16.1. The van der Waals surface area contributed by atoms with Crippen LogP contribution in [0.25, 0.3) is 0 Å². The van der Waals surface area contributed by atoms with Gasteiger partial charge in [0, 0.05) is 12.5 Å². The zero-order valence-electron chi connectivity index (χ0n) is 13.0. The van der Waals surface area contributed by atoms with E-state index in [9.17, 15) is 4.79 Å². The standard InChI is InChI=1S/C17H33NO/c1-3-4-5-7-10-15(2)18-17(19)14-13-16-11-8-6-9-12-16/h15-16H,3-14H2,1-2H3,(H,18,19). The van der Waals surface area contributed by atoms with Crippen LogP contribution in [0.5, 0.6) is 0 Å². The van der Waals surface area contributed by atoms with E-state index in [0.29, 0.717) is 6.04 Å². The van der Waals surface area contributed by atoms with Crippen molar-refractivity contribution in [3.05, 3.63) is 0 Å². The molecule has 0 aromatic rings. The van der Waals surface area contributed by atoms with Gasteiger partial charge in [0.15, 0.2) is 0 Å². The molecule has 0 spiro atoms. The number of hydrogen-bond acceptors (Lipinski definition) is 1. The molecule has 1 aliphatic carbocycles. The van der Waals surface area contributed by atoms with E-state index in [1.165, 1.54) is 57.8 Å². The highest BCUT2D eigenvalue weighted by molar-refractivity contribution is 5.76. The summed E-state index contributed by atoms with van der Waals surface area (Å²) in [6.45, 7) is 4.38. The molecule has 0 bridgehead atoms. The molecular formula is C17H33NO. The second-order valence-corrected chi connectivity index (χ2v) is 6.36. The van der Waals surface area contributed by atoms with Gasteiger partial charge in [-0.15, -0.1) is 0 Å². The van der Waals surface area contributed by atoms with Gasteiger partial charge < -0.3 is 5.32 Å². The maximum Gasteiger partial charge on any atom is 0.220 e. The molecule has 1 saturated carbocycles. The van der Waals surface area contributed by atoms with Crippen LogP contribution < -0.4 is 5.32 Å². The summed E-state index contributed by atoms with van der Waals surface area (Å²) < 4.78 is 0. The van der Waals surface area contributed by atoms with Crippen LogP contribution in [0.1, 0.15) is 90.9 Å². The van der Waals surface area contributed by atoms with Crippen molar-refractivity contribution < 1.29 is 4.79 Å². The Morgan fingerprint density at radius 1 is 1.16 bits per heavy atom. The molecule has 1 fully saturated rings. The van der Waals surface area contributed by atoms with Gasteiger partial charge in [0.2, 0.25) is 5.91 Å². The van der Waals surface area contributed by atoms with Crippen LogP contribution in [-0.2, 0) is 4.79 Å². The molecule has 0 aliphatic heterocycles. The third-order valence-corrected chi connectivity index (χ3v) is 4.40. The largest absolute Gasteiger partial charge is 0.354 e. The summed E-state index contributed by atoms with van der Waals surface area (Å²) in [4.78, 5) is 11.9. The lowest BCUT2D eigenvalue weighted by atomic mass is 9.86. The normalized spacial score (nSPS) is 18.2. The minimum Gasteiger partial charge on any atom is -0.354 e. The molecule has 112 valence electrons. The predicted octanol–water partition coefficient (Wildman–Crippen LogP) is 4.82. The summed E-state index contributed by atoms with van der Waals surface area (Å²) in [5.74, 6) is 1.09. The molecule has 0 heterocycles. The van der Waals surface area contributed by atoms with Gasteiger partial charge in [-0.3, -0.25) is 4.79 Å². The molecule has 1 amide bonds. The van der Waals surface area contributed by atoms with E-state index in [4.69, 9.17) is 0 Å². The summed E-state index contributed by atoms with van der Waals surface area (Å²) in [6, 6.07) is 0.357. The van der Waals surface area contributed by atoms with E-state index >= 15 is 0 Å². The summed E-state index contributed by atoms with van der Waals surface area (Å²) in [7, 11) is 0.